The van der Waals surface area contributed by atoms with Crippen LogP contribution in [-0.2, 0) is 11.8 Å². The summed E-state index contributed by atoms with van der Waals surface area (Å²) >= 11 is 6.46. The number of aromatic nitrogens is 2. The van der Waals surface area contributed by atoms with E-state index in [1.807, 2.05) is 19.0 Å². The Morgan fingerprint density at radius 3 is 2.49 bits per heavy atom. The Morgan fingerprint density at radius 2 is 1.87 bits per heavy atom. The minimum absolute atomic E-state index is 0.0189. The summed E-state index contributed by atoms with van der Waals surface area (Å²) in [7, 11) is 6.60. The van der Waals surface area contributed by atoms with Crippen LogP contribution < -0.4 is 10.1 Å². The number of nitrogens with zero attached hydrogens (tertiary/aromatic N) is 6. The quantitative estimate of drug-likeness (QED) is 0.345. The minimum Gasteiger partial charge on any atom is -0.495 e. The van der Waals surface area contributed by atoms with Crippen molar-refractivity contribution in [3.05, 3.63) is 64.3 Å². The summed E-state index contributed by atoms with van der Waals surface area (Å²) in [5, 5.41) is 22.2. The number of methoxy groups -OCH3 is 1. The van der Waals surface area contributed by atoms with E-state index >= 15 is 4.39 Å². The molecule has 3 amide bonds. The van der Waals surface area contributed by atoms with Crippen LogP contribution in [0.4, 0.5) is 10.1 Å². The highest BCUT2D eigenvalue weighted by molar-refractivity contribution is 6.34. The normalized spacial score (nSPS) is 13.8. The Balaban J connectivity index is 1.37. The number of amides is 3. The predicted octanol–water partition coefficient (Wildman–Crippen LogP) is 3.00. The van der Waals surface area contributed by atoms with E-state index in [0.29, 0.717) is 44.8 Å². The SMILES string of the molecule is COc1ccc(-c2cnc(C(=O)Nc3ccc(C(=O)N4CCN(C(=O)CC[C@@H](O)CN(C)C)CC4)c(Cl)c3)n2C)c(F)c1C#N. The molecular formula is C31H35ClFN7O5. The highest BCUT2D eigenvalue weighted by atomic mass is 35.5. The summed E-state index contributed by atoms with van der Waals surface area (Å²) in [5.41, 5.74) is 0.675. The summed E-state index contributed by atoms with van der Waals surface area (Å²) in [6.07, 6.45) is 1.37. The average molecular weight is 640 g/mol. The lowest BCUT2D eigenvalue weighted by Crippen LogP contribution is -2.50. The molecule has 1 aliphatic heterocycles. The third kappa shape index (κ3) is 7.59. The molecule has 1 atom stereocenters. The molecule has 0 unspecified atom stereocenters. The standard InChI is InChI=1S/C31H35ClFN7O5/c1-37(2)18-20(41)6-10-27(42)39-11-13-40(14-12-39)31(44)21-7-5-19(15-24(21)32)36-30(43)29-35-17-25(38(29)3)22-8-9-26(45-4)23(16-34)28(22)33/h5,7-9,15,17,20,41H,6,10-14,18H2,1-4H3,(H,36,43)/t20-/m1/s1. The molecule has 45 heavy (non-hydrogen) atoms. The maximum Gasteiger partial charge on any atom is 0.291 e. The first kappa shape index (κ1) is 33.4. The van der Waals surface area contributed by atoms with Crippen LogP contribution in [0.15, 0.2) is 36.5 Å². The first-order valence-corrected chi connectivity index (χ1v) is 14.6. The van der Waals surface area contributed by atoms with E-state index in [1.54, 1.807) is 29.0 Å². The zero-order chi connectivity index (χ0) is 32.8. The van der Waals surface area contributed by atoms with E-state index in [0.717, 1.165) is 0 Å². The van der Waals surface area contributed by atoms with Gasteiger partial charge in [-0.05, 0) is 50.8 Å². The number of likely N-dealkylation sites (N-methyl/N-ethyl adjacent to an activating group) is 1. The Labute approximate surface area is 265 Å². The van der Waals surface area contributed by atoms with Crippen LogP contribution in [0.5, 0.6) is 5.75 Å². The molecule has 12 nitrogen and oxygen atoms in total. The van der Waals surface area contributed by atoms with Gasteiger partial charge in [0.2, 0.25) is 5.91 Å². The molecule has 1 aromatic heterocycles. The molecule has 2 heterocycles. The topological polar surface area (TPSA) is 144 Å². The Bertz CT molecular complexity index is 1630. The van der Waals surface area contributed by atoms with Gasteiger partial charge in [-0.3, -0.25) is 14.4 Å². The molecule has 0 saturated carbocycles. The highest BCUT2D eigenvalue weighted by Gasteiger charge is 2.27. The third-order valence-corrected chi connectivity index (χ3v) is 7.86. The molecule has 2 N–H and O–H groups in total. The van der Waals surface area contributed by atoms with Gasteiger partial charge in [-0.15, -0.1) is 0 Å². The lowest BCUT2D eigenvalue weighted by atomic mass is 10.1. The van der Waals surface area contributed by atoms with Crippen LogP contribution in [0.3, 0.4) is 0 Å². The maximum atomic E-state index is 15.1. The first-order valence-electron chi connectivity index (χ1n) is 14.2. The van der Waals surface area contributed by atoms with Gasteiger partial charge in [-0.2, -0.15) is 5.26 Å². The average Bonchev–Trinajstić information content (AvgIpc) is 3.40. The van der Waals surface area contributed by atoms with Crippen molar-refractivity contribution in [2.75, 3.05) is 59.2 Å². The number of nitriles is 1. The molecule has 0 bridgehead atoms. The van der Waals surface area contributed by atoms with Gasteiger partial charge >= 0.3 is 0 Å². The third-order valence-electron chi connectivity index (χ3n) is 7.55. The van der Waals surface area contributed by atoms with Gasteiger partial charge in [-0.1, -0.05) is 11.6 Å². The number of anilines is 1. The van der Waals surface area contributed by atoms with Crippen molar-refractivity contribution in [3.8, 4) is 23.1 Å². The summed E-state index contributed by atoms with van der Waals surface area (Å²) in [4.78, 5) is 48.2. The number of ether oxygens (including phenoxy) is 1. The maximum absolute atomic E-state index is 15.1. The number of hydrogen-bond acceptors (Lipinski definition) is 8. The fourth-order valence-corrected chi connectivity index (χ4v) is 5.41. The molecule has 0 radical (unpaired) electrons. The van der Waals surface area contributed by atoms with Gasteiger partial charge in [0, 0.05) is 57.4 Å². The van der Waals surface area contributed by atoms with Crippen LogP contribution in [-0.4, -0.2) is 107 Å². The van der Waals surface area contributed by atoms with Crippen molar-refractivity contribution >= 4 is 35.0 Å². The van der Waals surface area contributed by atoms with E-state index in [1.165, 1.54) is 42.1 Å². The fraction of sp³-hybridized carbons (Fsp3) is 0.387. The van der Waals surface area contributed by atoms with Crippen LogP contribution in [0.2, 0.25) is 5.02 Å². The van der Waals surface area contributed by atoms with Gasteiger partial charge < -0.3 is 34.4 Å². The number of hydrogen-bond donors (Lipinski definition) is 2. The van der Waals surface area contributed by atoms with Crippen LogP contribution >= 0.6 is 11.6 Å². The molecule has 0 spiro atoms. The van der Waals surface area contributed by atoms with Gasteiger partial charge in [0.05, 0.1) is 35.7 Å². The highest BCUT2D eigenvalue weighted by Crippen LogP contribution is 2.31. The number of piperazine rings is 1. The molecule has 238 valence electrons. The molecule has 14 heteroatoms. The lowest BCUT2D eigenvalue weighted by molar-refractivity contribution is -0.133. The molecule has 2 aromatic carbocycles. The predicted molar refractivity (Wildman–Crippen MR) is 166 cm³/mol. The summed E-state index contributed by atoms with van der Waals surface area (Å²) in [6.45, 7) is 1.92. The van der Waals surface area contributed by atoms with Crippen LogP contribution in [0, 0.1) is 17.1 Å². The second-order valence-corrected chi connectivity index (χ2v) is 11.3. The van der Waals surface area contributed by atoms with Gasteiger partial charge in [0.1, 0.15) is 17.4 Å². The smallest absolute Gasteiger partial charge is 0.291 e. The number of carbonyl (C=O) groups excluding carboxylic acids is 3. The van der Waals surface area contributed by atoms with Crippen LogP contribution in [0.1, 0.15) is 39.4 Å². The Kier molecular flexibility index (Phi) is 10.8. The fourth-order valence-electron chi connectivity index (χ4n) is 5.14. The van der Waals surface area contributed by atoms with Crippen molar-refractivity contribution in [1.29, 1.82) is 5.26 Å². The van der Waals surface area contributed by atoms with E-state index in [9.17, 15) is 24.8 Å². The van der Waals surface area contributed by atoms with Gasteiger partial charge in [0.25, 0.3) is 11.8 Å². The number of aliphatic hydroxyl groups excluding tert-OH is 1. The number of carbonyl (C=O) groups is 3. The van der Waals surface area contributed by atoms with E-state index in [4.69, 9.17) is 16.3 Å². The Hall–Kier alpha value is -4.51. The number of aliphatic hydroxyl groups is 1. The van der Waals surface area contributed by atoms with E-state index < -0.39 is 17.8 Å². The van der Waals surface area contributed by atoms with Gasteiger partial charge in [-0.25, -0.2) is 9.37 Å². The number of imidazole rings is 1. The van der Waals surface area contributed by atoms with Crippen molar-refractivity contribution in [2.45, 2.75) is 18.9 Å². The number of halogens is 2. The van der Waals surface area contributed by atoms with Crippen LogP contribution in [0.25, 0.3) is 11.3 Å². The minimum atomic E-state index is -0.790. The first-order chi connectivity index (χ1) is 21.4. The summed E-state index contributed by atoms with van der Waals surface area (Å²) in [6, 6.07) is 9.22. The number of rotatable bonds is 10. The van der Waals surface area contributed by atoms with E-state index in [-0.39, 0.29) is 57.2 Å². The largest absolute Gasteiger partial charge is 0.495 e. The second-order valence-electron chi connectivity index (χ2n) is 10.9. The van der Waals surface area contributed by atoms with Crippen molar-refractivity contribution in [3.63, 3.8) is 0 Å². The monoisotopic (exact) mass is 639 g/mol. The summed E-state index contributed by atoms with van der Waals surface area (Å²) in [5.74, 6) is -1.66. The zero-order valence-corrected chi connectivity index (χ0v) is 26.3. The summed E-state index contributed by atoms with van der Waals surface area (Å²) < 4.78 is 21.5. The molecule has 3 aromatic rings. The second kappa shape index (κ2) is 14.5. The molecule has 1 aliphatic rings. The van der Waals surface area contributed by atoms with Crippen molar-refractivity contribution in [1.82, 2.24) is 24.3 Å². The van der Waals surface area contributed by atoms with E-state index in [2.05, 4.69) is 10.3 Å². The molecule has 1 saturated heterocycles. The lowest BCUT2D eigenvalue weighted by Gasteiger charge is -2.35. The Morgan fingerprint density at radius 1 is 1.18 bits per heavy atom. The van der Waals surface area contributed by atoms with Crippen molar-refractivity contribution < 1.29 is 28.6 Å². The van der Waals surface area contributed by atoms with Gasteiger partial charge in [0.15, 0.2) is 11.6 Å². The molecular weight excluding hydrogens is 605 g/mol. The zero-order valence-electron chi connectivity index (χ0n) is 25.5. The molecule has 4 rings (SSSR count). The van der Waals surface area contributed by atoms with Crippen molar-refractivity contribution in [2.24, 2.45) is 7.05 Å². The number of benzene rings is 2. The molecule has 0 aliphatic carbocycles. The molecule has 1 fully saturated rings. The number of nitrogens with one attached hydrogen (secondary N) is 1.